The van der Waals surface area contributed by atoms with Gasteiger partial charge in [0.2, 0.25) is 5.91 Å². The molecule has 1 aromatic rings. The number of piperidine rings is 1. The van der Waals surface area contributed by atoms with Crippen molar-refractivity contribution < 1.29 is 22.9 Å². The molecule has 1 atom stereocenters. The van der Waals surface area contributed by atoms with Gasteiger partial charge in [-0.15, -0.1) is 0 Å². The molecule has 1 aliphatic heterocycles. The van der Waals surface area contributed by atoms with Crippen molar-refractivity contribution in [3.8, 4) is 0 Å². The lowest BCUT2D eigenvalue weighted by Crippen LogP contribution is -2.44. The predicted molar refractivity (Wildman–Crippen MR) is 67.8 cm³/mol. The quantitative estimate of drug-likeness (QED) is 0.663. The van der Waals surface area contributed by atoms with Crippen molar-refractivity contribution in [1.29, 1.82) is 0 Å². The van der Waals surface area contributed by atoms with Gasteiger partial charge in [0.15, 0.2) is 0 Å². The molecule has 21 heavy (non-hydrogen) atoms. The van der Waals surface area contributed by atoms with Gasteiger partial charge in [0.05, 0.1) is 10.5 Å². The van der Waals surface area contributed by atoms with E-state index >= 15 is 0 Å². The van der Waals surface area contributed by atoms with E-state index in [2.05, 4.69) is 10.6 Å². The monoisotopic (exact) mass is 303 g/mol. The van der Waals surface area contributed by atoms with Crippen LogP contribution in [-0.2, 0) is 11.0 Å². The Bertz CT molecular complexity index is 575. The van der Waals surface area contributed by atoms with Crippen LogP contribution in [0.2, 0.25) is 0 Å². The van der Waals surface area contributed by atoms with Crippen LogP contribution in [-0.4, -0.2) is 23.4 Å². The number of anilines is 1. The molecule has 0 radical (unpaired) electrons. The van der Waals surface area contributed by atoms with E-state index in [1.807, 2.05) is 0 Å². The smallest absolute Gasteiger partial charge is 0.368 e. The maximum atomic E-state index is 12.6. The highest BCUT2D eigenvalue weighted by Crippen LogP contribution is 2.35. The van der Waals surface area contributed by atoms with Gasteiger partial charge >= 0.3 is 6.18 Å². The number of carbonyl (C=O) groups is 1. The third kappa shape index (κ3) is 3.41. The third-order valence-corrected chi connectivity index (χ3v) is 3.14. The SMILES string of the molecule is O=C1NCCCC1Nc1ccc(C(F)(F)F)cc1[N+](=O)[O-]. The molecule has 0 aliphatic carbocycles. The van der Waals surface area contributed by atoms with Crippen LogP contribution < -0.4 is 10.6 Å². The molecule has 1 heterocycles. The van der Waals surface area contributed by atoms with Gasteiger partial charge in [0.25, 0.3) is 5.69 Å². The van der Waals surface area contributed by atoms with Gasteiger partial charge in [0.1, 0.15) is 11.7 Å². The number of hydrogen-bond acceptors (Lipinski definition) is 4. The number of hydrogen-bond donors (Lipinski definition) is 2. The fraction of sp³-hybridized carbons (Fsp3) is 0.417. The Morgan fingerprint density at radius 2 is 2.10 bits per heavy atom. The first-order valence-electron chi connectivity index (χ1n) is 6.19. The van der Waals surface area contributed by atoms with Crippen LogP contribution in [0.1, 0.15) is 18.4 Å². The molecular weight excluding hydrogens is 291 g/mol. The molecule has 2 rings (SSSR count). The number of nitrogens with zero attached hydrogens (tertiary/aromatic N) is 1. The summed E-state index contributed by atoms with van der Waals surface area (Å²) in [7, 11) is 0. The number of nitro benzene ring substituents is 1. The minimum atomic E-state index is -4.66. The molecule has 1 fully saturated rings. The average molecular weight is 303 g/mol. The van der Waals surface area contributed by atoms with E-state index in [4.69, 9.17) is 0 Å². The molecule has 1 saturated heterocycles. The second kappa shape index (κ2) is 5.58. The number of amides is 1. The molecule has 1 aliphatic rings. The van der Waals surface area contributed by atoms with E-state index in [0.29, 0.717) is 25.5 Å². The largest absolute Gasteiger partial charge is 0.416 e. The van der Waals surface area contributed by atoms with Crippen LogP contribution in [0.3, 0.4) is 0 Å². The van der Waals surface area contributed by atoms with Gasteiger partial charge in [-0.2, -0.15) is 13.2 Å². The lowest BCUT2D eigenvalue weighted by molar-refractivity contribution is -0.384. The van der Waals surface area contributed by atoms with E-state index < -0.39 is 28.4 Å². The highest BCUT2D eigenvalue weighted by molar-refractivity contribution is 5.86. The zero-order valence-corrected chi connectivity index (χ0v) is 10.7. The normalized spacial score (nSPS) is 19.0. The summed E-state index contributed by atoms with van der Waals surface area (Å²) in [5, 5.41) is 16.1. The Labute approximate surface area is 117 Å². The maximum Gasteiger partial charge on any atom is 0.416 e. The highest BCUT2D eigenvalue weighted by atomic mass is 19.4. The Morgan fingerprint density at radius 1 is 1.38 bits per heavy atom. The summed E-state index contributed by atoms with van der Waals surface area (Å²) in [6, 6.07) is 1.50. The van der Waals surface area contributed by atoms with Crippen LogP contribution in [0.25, 0.3) is 0 Å². The summed E-state index contributed by atoms with van der Waals surface area (Å²) in [6.07, 6.45) is -3.51. The highest BCUT2D eigenvalue weighted by Gasteiger charge is 2.33. The molecule has 0 saturated carbocycles. The number of halogens is 3. The lowest BCUT2D eigenvalue weighted by Gasteiger charge is -2.23. The van der Waals surface area contributed by atoms with Crippen molar-refractivity contribution in [2.24, 2.45) is 0 Å². The fourth-order valence-electron chi connectivity index (χ4n) is 2.08. The van der Waals surface area contributed by atoms with Gasteiger partial charge in [-0.1, -0.05) is 0 Å². The van der Waals surface area contributed by atoms with Gasteiger partial charge in [-0.05, 0) is 25.0 Å². The van der Waals surface area contributed by atoms with Crippen molar-refractivity contribution in [2.75, 3.05) is 11.9 Å². The van der Waals surface area contributed by atoms with Crippen molar-refractivity contribution in [1.82, 2.24) is 5.32 Å². The number of rotatable bonds is 3. The van der Waals surface area contributed by atoms with Gasteiger partial charge in [0, 0.05) is 12.6 Å². The standard InChI is InChI=1S/C12H12F3N3O3/c13-12(14,15)7-3-4-8(10(6-7)18(20)21)17-9-2-1-5-16-11(9)19/h3-4,6,9,17H,1-2,5H2,(H,16,19). The Morgan fingerprint density at radius 3 is 2.67 bits per heavy atom. The second-order valence-electron chi connectivity index (χ2n) is 4.62. The first kappa shape index (κ1) is 15.1. The molecule has 0 bridgehead atoms. The van der Waals surface area contributed by atoms with Crippen molar-refractivity contribution in [2.45, 2.75) is 25.1 Å². The Hall–Kier alpha value is -2.32. The van der Waals surface area contributed by atoms with Gasteiger partial charge in [-0.3, -0.25) is 14.9 Å². The molecular formula is C12H12F3N3O3. The summed E-state index contributed by atoms with van der Waals surface area (Å²) in [5.74, 6) is -0.324. The van der Waals surface area contributed by atoms with E-state index in [1.165, 1.54) is 0 Å². The minimum absolute atomic E-state index is 0.102. The molecule has 9 heteroatoms. The molecule has 0 aromatic heterocycles. The molecule has 6 nitrogen and oxygen atoms in total. The number of carbonyl (C=O) groups excluding carboxylic acids is 1. The van der Waals surface area contributed by atoms with Crippen molar-refractivity contribution in [3.63, 3.8) is 0 Å². The summed E-state index contributed by atoms with van der Waals surface area (Å²) >= 11 is 0. The molecule has 1 amide bonds. The third-order valence-electron chi connectivity index (χ3n) is 3.14. The van der Waals surface area contributed by atoms with Crippen LogP contribution in [0.15, 0.2) is 18.2 Å². The number of nitro groups is 1. The minimum Gasteiger partial charge on any atom is -0.368 e. The van der Waals surface area contributed by atoms with Gasteiger partial charge in [-0.25, -0.2) is 0 Å². The Kier molecular flexibility index (Phi) is 4.01. The second-order valence-corrected chi connectivity index (χ2v) is 4.62. The summed E-state index contributed by atoms with van der Waals surface area (Å²) in [5.41, 5.74) is -1.91. The first-order valence-corrected chi connectivity index (χ1v) is 6.19. The summed E-state index contributed by atoms with van der Waals surface area (Å²) < 4.78 is 37.7. The zero-order chi connectivity index (χ0) is 15.6. The van der Waals surface area contributed by atoms with E-state index in [-0.39, 0.29) is 11.6 Å². The zero-order valence-electron chi connectivity index (χ0n) is 10.7. The fourth-order valence-corrected chi connectivity index (χ4v) is 2.08. The molecule has 114 valence electrons. The maximum absolute atomic E-state index is 12.6. The number of benzene rings is 1. The van der Waals surface area contributed by atoms with Crippen molar-refractivity contribution >= 4 is 17.3 Å². The van der Waals surface area contributed by atoms with E-state index in [0.717, 1.165) is 12.1 Å². The molecule has 0 spiro atoms. The van der Waals surface area contributed by atoms with Crippen LogP contribution in [0, 0.1) is 10.1 Å². The van der Waals surface area contributed by atoms with Crippen LogP contribution in [0.5, 0.6) is 0 Å². The summed E-state index contributed by atoms with van der Waals surface area (Å²) in [6.45, 7) is 0.520. The number of alkyl halides is 3. The topological polar surface area (TPSA) is 84.3 Å². The molecule has 2 N–H and O–H groups in total. The molecule has 1 unspecified atom stereocenters. The van der Waals surface area contributed by atoms with E-state index in [1.54, 1.807) is 0 Å². The molecule has 1 aromatic carbocycles. The first-order chi connectivity index (χ1) is 9.79. The van der Waals surface area contributed by atoms with Crippen LogP contribution >= 0.6 is 0 Å². The number of nitrogens with one attached hydrogen (secondary N) is 2. The summed E-state index contributed by atoms with van der Waals surface area (Å²) in [4.78, 5) is 21.6. The lowest BCUT2D eigenvalue weighted by atomic mass is 10.1. The Balaban J connectivity index is 2.30. The van der Waals surface area contributed by atoms with Crippen LogP contribution in [0.4, 0.5) is 24.5 Å². The van der Waals surface area contributed by atoms with E-state index in [9.17, 15) is 28.1 Å². The van der Waals surface area contributed by atoms with Crippen molar-refractivity contribution in [3.05, 3.63) is 33.9 Å². The predicted octanol–water partition coefficient (Wildman–Crippen LogP) is 2.30. The van der Waals surface area contributed by atoms with Gasteiger partial charge < -0.3 is 10.6 Å². The average Bonchev–Trinajstić information content (AvgIpc) is 2.40.